The fourth-order valence-corrected chi connectivity index (χ4v) is 4.21. The van der Waals surface area contributed by atoms with Gasteiger partial charge in [0, 0.05) is 30.1 Å². The molecule has 2 aromatic carbocycles. The average Bonchev–Trinajstić information content (AvgIpc) is 3.04. The molecule has 0 radical (unpaired) electrons. The predicted octanol–water partition coefficient (Wildman–Crippen LogP) is 5.96. The molecule has 0 saturated heterocycles. The van der Waals surface area contributed by atoms with Gasteiger partial charge in [0.15, 0.2) is 0 Å². The number of nitrogens with zero attached hydrogens (tertiary/aromatic N) is 1. The van der Waals surface area contributed by atoms with Crippen molar-refractivity contribution in [3.05, 3.63) is 71.5 Å². The van der Waals surface area contributed by atoms with Crippen LogP contribution in [0.4, 0.5) is 5.69 Å². The van der Waals surface area contributed by atoms with Gasteiger partial charge in [0.05, 0.1) is 18.7 Å². The van der Waals surface area contributed by atoms with Gasteiger partial charge in [0.1, 0.15) is 23.7 Å². The minimum Gasteiger partial charge on any atom is -0.497 e. The zero-order valence-electron chi connectivity index (χ0n) is 21.2. The van der Waals surface area contributed by atoms with E-state index in [1.807, 2.05) is 58.0 Å². The molecule has 1 aliphatic rings. The summed E-state index contributed by atoms with van der Waals surface area (Å²) in [6.45, 7) is 8.69. The van der Waals surface area contributed by atoms with Gasteiger partial charge in [-0.2, -0.15) is 0 Å². The van der Waals surface area contributed by atoms with Crippen molar-refractivity contribution in [2.24, 2.45) is 5.92 Å². The van der Waals surface area contributed by atoms with E-state index >= 15 is 0 Å². The van der Waals surface area contributed by atoms with Crippen molar-refractivity contribution in [1.82, 2.24) is 4.98 Å². The summed E-state index contributed by atoms with van der Waals surface area (Å²) in [7, 11) is 1.65. The van der Waals surface area contributed by atoms with Crippen LogP contribution in [0.1, 0.15) is 44.0 Å². The SMILES string of the molecule is COc1ccc(-c2ccc3c(c2)CCC(C(=O)OC(C)(C)C)CN3)c(OCc2cc(C)ccn2)c1. The molecule has 0 spiro atoms. The molecule has 6 nitrogen and oxygen atoms in total. The molecule has 0 fully saturated rings. The van der Waals surface area contributed by atoms with Crippen molar-refractivity contribution in [1.29, 1.82) is 0 Å². The van der Waals surface area contributed by atoms with E-state index < -0.39 is 5.60 Å². The molecule has 4 rings (SSSR count). The lowest BCUT2D eigenvalue weighted by atomic mass is 9.97. The molecule has 1 atom stereocenters. The minimum absolute atomic E-state index is 0.145. The van der Waals surface area contributed by atoms with Gasteiger partial charge in [0.25, 0.3) is 0 Å². The summed E-state index contributed by atoms with van der Waals surface area (Å²) >= 11 is 0. The van der Waals surface area contributed by atoms with Crippen molar-refractivity contribution >= 4 is 11.7 Å². The molecule has 6 heteroatoms. The second-order valence-electron chi connectivity index (χ2n) is 10.00. The fraction of sp³-hybridized carbons (Fsp3) is 0.379. The standard InChI is InChI=1S/C29H34N2O4/c1-19-12-13-30-23(14-19)18-34-27-16-24(33-5)9-10-25(27)20-8-11-26-21(15-20)6-7-22(17-31-26)28(32)35-29(2,3)4/h8-16,22,31H,6-7,17-18H2,1-5H3. The highest BCUT2D eigenvalue weighted by Gasteiger charge is 2.27. The Labute approximate surface area is 207 Å². The summed E-state index contributed by atoms with van der Waals surface area (Å²) in [5, 5.41) is 3.44. The maximum absolute atomic E-state index is 12.6. The molecule has 1 N–H and O–H groups in total. The van der Waals surface area contributed by atoms with Gasteiger partial charge in [-0.25, -0.2) is 0 Å². The van der Waals surface area contributed by atoms with Gasteiger partial charge in [0.2, 0.25) is 0 Å². The molecule has 1 aromatic heterocycles. The monoisotopic (exact) mass is 474 g/mol. The van der Waals surface area contributed by atoms with Crippen LogP contribution >= 0.6 is 0 Å². The van der Waals surface area contributed by atoms with E-state index in [1.54, 1.807) is 13.3 Å². The second kappa shape index (κ2) is 10.4. The van der Waals surface area contributed by atoms with Crippen molar-refractivity contribution < 1.29 is 19.0 Å². The summed E-state index contributed by atoms with van der Waals surface area (Å²) in [4.78, 5) is 17.0. The summed E-state index contributed by atoms with van der Waals surface area (Å²) in [6, 6.07) is 16.2. The van der Waals surface area contributed by atoms with E-state index in [2.05, 4.69) is 28.5 Å². The molecule has 1 unspecified atom stereocenters. The van der Waals surface area contributed by atoms with Crippen LogP contribution in [0.25, 0.3) is 11.1 Å². The van der Waals surface area contributed by atoms with E-state index in [0.717, 1.165) is 52.4 Å². The summed E-state index contributed by atoms with van der Waals surface area (Å²) < 4.78 is 17.3. The molecular formula is C29H34N2O4. The first-order chi connectivity index (χ1) is 16.7. The molecule has 0 saturated carbocycles. The highest BCUT2D eigenvalue weighted by molar-refractivity contribution is 5.77. The lowest BCUT2D eigenvalue weighted by Gasteiger charge is -2.23. The lowest BCUT2D eigenvalue weighted by Crippen LogP contribution is -2.31. The number of pyridine rings is 1. The van der Waals surface area contributed by atoms with Crippen molar-refractivity contribution in [2.45, 2.75) is 52.7 Å². The largest absolute Gasteiger partial charge is 0.497 e. The normalized spacial score (nSPS) is 15.4. The Balaban J connectivity index is 1.56. The highest BCUT2D eigenvalue weighted by Crippen LogP contribution is 2.37. The van der Waals surface area contributed by atoms with Gasteiger partial charge >= 0.3 is 5.97 Å². The van der Waals surface area contributed by atoms with E-state index in [-0.39, 0.29) is 11.9 Å². The molecule has 184 valence electrons. The summed E-state index contributed by atoms with van der Waals surface area (Å²) in [5.41, 5.74) is 5.80. The molecule has 3 aromatic rings. The molecule has 35 heavy (non-hydrogen) atoms. The van der Waals surface area contributed by atoms with Crippen LogP contribution in [-0.4, -0.2) is 30.2 Å². The Bertz CT molecular complexity index is 1200. The van der Waals surface area contributed by atoms with Crippen molar-refractivity contribution in [3.63, 3.8) is 0 Å². The number of fused-ring (bicyclic) bond motifs is 1. The smallest absolute Gasteiger partial charge is 0.311 e. The number of rotatable bonds is 6. The van der Waals surface area contributed by atoms with Gasteiger partial charge in [-0.1, -0.05) is 6.07 Å². The topological polar surface area (TPSA) is 69.7 Å². The fourth-order valence-electron chi connectivity index (χ4n) is 4.21. The highest BCUT2D eigenvalue weighted by atomic mass is 16.6. The number of esters is 1. The van der Waals surface area contributed by atoms with Crippen LogP contribution in [0.3, 0.4) is 0 Å². The lowest BCUT2D eigenvalue weighted by molar-refractivity contribution is -0.159. The van der Waals surface area contributed by atoms with Crippen LogP contribution in [0.2, 0.25) is 0 Å². The molecule has 0 bridgehead atoms. The summed E-state index contributed by atoms with van der Waals surface area (Å²) in [6.07, 6.45) is 3.33. The van der Waals surface area contributed by atoms with E-state index in [4.69, 9.17) is 14.2 Å². The number of nitrogens with one attached hydrogen (secondary N) is 1. The molecular weight excluding hydrogens is 440 g/mol. The van der Waals surface area contributed by atoms with Gasteiger partial charge < -0.3 is 19.5 Å². The van der Waals surface area contributed by atoms with Gasteiger partial charge in [-0.05, 0) is 93.6 Å². The molecule has 0 amide bonds. The first kappa shape index (κ1) is 24.6. The number of ether oxygens (including phenoxy) is 3. The first-order valence-corrected chi connectivity index (χ1v) is 12.0. The van der Waals surface area contributed by atoms with Crippen LogP contribution in [0.15, 0.2) is 54.7 Å². The average molecular weight is 475 g/mol. The van der Waals surface area contributed by atoms with Crippen LogP contribution < -0.4 is 14.8 Å². The number of methoxy groups -OCH3 is 1. The maximum Gasteiger partial charge on any atom is 0.311 e. The Morgan fingerprint density at radius 2 is 1.94 bits per heavy atom. The Kier molecular flexibility index (Phi) is 7.29. The molecule has 2 heterocycles. The van der Waals surface area contributed by atoms with Crippen molar-refractivity contribution in [3.8, 4) is 22.6 Å². The third kappa shape index (κ3) is 6.32. The van der Waals surface area contributed by atoms with Gasteiger partial charge in [-0.3, -0.25) is 9.78 Å². The quantitative estimate of drug-likeness (QED) is 0.445. The predicted molar refractivity (Wildman–Crippen MR) is 138 cm³/mol. The Morgan fingerprint density at radius 1 is 1.11 bits per heavy atom. The van der Waals surface area contributed by atoms with E-state index in [1.165, 1.54) is 5.56 Å². The zero-order chi connectivity index (χ0) is 25.0. The third-order valence-corrected chi connectivity index (χ3v) is 5.99. The number of hydrogen-bond acceptors (Lipinski definition) is 6. The maximum atomic E-state index is 12.6. The van der Waals surface area contributed by atoms with Gasteiger partial charge in [-0.15, -0.1) is 0 Å². The summed E-state index contributed by atoms with van der Waals surface area (Å²) in [5.74, 6) is 1.15. The number of carbonyl (C=O) groups is 1. The molecule has 0 aliphatic carbocycles. The molecule has 1 aliphatic heterocycles. The number of aryl methyl sites for hydroxylation is 2. The van der Waals surface area contributed by atoms with Crippen LogP contribution in [0.5, 0.6) is 11.5 Å². The Hall–Kier alpha value is -3.54. The first-order valence-electron chi connectivity index (χ1n) is 12.0. The second-order valence-corrected chi connectivity index (χ2v) is 10.00. The number of hydrogen-bond donors (Lipinski definition) is 1. The minimum atomic E-state index is -0.484. The number of benzene rings is 2. The van der Waals surface area contributed by atoms with Crippen LogP contribution in [0, 0.1) is 12.8 Å². The number of carbonyl (C=O) groups excluding carboxylic acids is 1. The number of anilines is 1. The van der Waals surface area contributed by atoms with Crippen molar-refractivity contribution in [2.75, 3.05) is 19.0 Å². The van der Waals surface area contributed by atoms with E-state index in [9.17, 15) is 4.79 Å². The van der Waals surface area contributed by atoms with Crippen LogP contribution in [-0.2, 0) is 22.6 Å². The zero-order valence-corrected chi connectivity index (χ0v) is 21.2. The Morgan fingerprint density at radius 3 is 2.69 bits per heavy atom. The number of aromatic nitrogens is 1. The third-order valence-electron chi connectivity index (χ3n) is 5.99. The van der Waals surface area contributed by atoms with E-state index in [0.29, 0.717) is 13.2 Å².